The molecule has 2 aromatic heterocycles. The largest absolute Gasteiger partial charge is 0.465 e. The van der Waals surface area contributed by atoms with Crippen molar-refractivity contribution in [2.45, 2.75) is 64.0 Å². The summed E-state index contributed by atoms with van der Waals surface area (Å²) in [5, 5.41) is 17.6. The number of hydrogen-bond acceptors (Lipinski definition) is 4. The van der Waals surface area contributed by atoms with Gasteiger partial charge in [0.15, 0.2) is 0 Å². The van der Waals surface area contributed by atoms with Gasteiger partial charge in [0, 0.05) is 36.8 Å². The molecule has 0 aliphatic carbocycles. The summed E-state index contributed by atoms with van der Waals surface area (Å²) in [5.74, 6) is 1.33. The molecule has 0 saturated carbocycles. The molecular weight excluding hydrogens is 404 g/mol. The molecule has 0 bridgehead atoms. The van der Waals surface area contributed by atoms with E-state index in [0.29, 0.717) is 6.04 Å². The number of amides is 1. The molecule has 8 heteroatoms. The summed E-state index contributed by atoms with van der Waals surface area (Å²) >= 11 is 0. The van der Waals surface area contributed by atoms with Gasteiger partial charge < -0.3 is 15.0 Å². The number of carbonyl (C=O) groups is 1. The van der Waals surface area contributed by atoms with Crippen LogP contribution < -0.4 is 10.2 Å². The Balaban J connectivity index is 1.64. The summed E-state index contributed by atoms with van der Waals surface area (Å²) in [4.78, 5) is 18.7. The number of benzene rings is 1. The van der Waals surface area contributed by atoms with Crippen molar-refractivity contribution < 1.29 is 9.90 Å². The van der Waals surface area contributed by atoms with Gasteiger partial charge in [0.25, 0.3) is 0 Å². The van der Waals surface area contributed by atoms with E-state index >= 15 is 0 Å². The standard InChI is InChI=1S/C24H32N6O2/c1-15(12-17-13-26-28(3)14-17)23-27-22-19-5-4-16(2)29(24(31)32)20(19)6-7-21(22)30(23)18-8-10-25-11-9-18/h6-7,13-16,18,25H,4-5,8-12H2,1-3H3,(H,31,32)/t15?,16-/m0/s1. The third-order valence-corrected chi connectivity index (χ3v) is 7.10. The fraction of sp³-hybridized carbons (Fsp3) is 0.542. The van der Waals surface area contributed by atoms with Gasteiger partial charge in [-0.15, -0.1) is 0 Å². The molecule has 1 saturated heterocycles. The van der Waals surface area contributed by atoms with Crippen LogP contribution in [0.3, 0.4) is 0 Å². The van der Waals surface area contributed by atoms with E-state index in [0.717, 1.165) is 73.3 Å². The maximum atomic E-state index is 12.0. The lowest BCUT2D eigenvalue weighted by atomic mass is 9.95. The molecule has 1 aromatic carbocycles. The molecule has 0 radical (unpaired) electrons. The second-order valence-corrected chi connectivity index (χ2v) is 9.42. The zero-order chi connectivity index (χ0) is 22.4. The lowest BCUT2D eigenvalue weighted by Gasteiger charge is -2.33. The van der Waals surface area contributed by atoms with Gasteiger partial charge in [-0.2, -0.15) is 5.10 Å². The van der Waals surface area contributed by atoms with E-state index in [1.807, 2.05) is 30.9 Å². The maximum absolute atomic E-state index is 12.0. The van der Waals surface area contributed by atoms with Crippen molar-refractivity contribution in [3.63, 3.8) is 0 Å². The van der Waals surface area contributed by atoms with Crippen molar-refractivity contribution in [2.24, 2.45) is 7.05 Å². The second kappa shape index (κ2) is 8.24. The monoisotopic (exact) mass is 436 g/mol. The van der Waals surface area contributed by atoms with Crippen molar-refractivity contribution in [1.29, 1.82) is 0 Å². The predicted octanol–water partition coefficient (Wildman–Crippen LogP) is 3.86. The zero-order valence-corrected chi connectivity index (χ0v) is 19.1. The van der Waals surface area contributed by atoms with Gasteiger partial charge in [-0.05, 0) is 69.8 Å². The Kier molecular flexibility index (Phi) is 5.41. The van der Waals surface area contributed by atoms with E-state index in [1.165, 1.54) is 10.5 Å². The van der Waals surface area contributed by atoms with Gasteiger partial charge >= 0.3 is 6.09 Å². The SMILES string of the molecule is CC(Cc1cnn(C)c1)c1nc2c3c(ccc2n1C1CCNCC1)N(C(=O)O)[C@@H](C)CC3. The van der Waals surface area contributed by atoms with Crippen LogP contribution in [0.2, 0.25) is 0 Å². The molecule has 2 N–H and O–H groups in total. The molecule has 2 aliphatic rings. The van der Waals surface area contributed by atoms with Crippen LogP contribution >= 0.6 is 0 Å². The van der Waals surface area contributed by atoms with E-state index < -0.39 is 6.09 Å². The minimum Gasteiger partial charge on any atom is -0.465 e. The number of anilines is 1. The van der Waals surface area contributed by atoms with Crippen molar-refractivity contribution >= 4 is 22.8 Å². The molecule has 0 spiro atoms. The summed E-state index contributed by atoms with van der Waals surface area (Å²) in [5.41, 5.74) is 5.20. The predicted molar refractivity (Wildman–Crippen MR) is 124 cm³/mol. The molecule has 32 heavy (non-hydrogen) atoms. The molecule has 170 valence electrons. The minimum absolute atomic E-state index is 0.0204. The molecule has 2 atom stereocenters. The number of carboxylic acid groups (broad SMARTS) is 1. The van der Waals surface area contributed by atoms with Crippen molar-refractivity contribution in [1.82, 2.24) is 24.6 Å². The van der Waals surface area contributed by atoms with Gasteiger partial charge in [0.05, 0.1) is 22.9 Å². The summed E-state index contributed by atoms with van der Waals surface area (Å²) in [6, 6.07) is 4.48. The molecule has 3 aromatic rings. The number of fused-ring (bicyclic) bond motifs is 3. The Morgan fingerprint density at radius 1 is 1.28 bits per heavy atom. The summed E-state index contributed by atoms with van der Waals surface area (Å²) in [6.07, 6.45) is 7.82. The minimum atomic E-state index is -0.888. The van der Waals surface area contributed by atoms with E-state index in [-0.39, 0.29) is 12.0 Å². The lowest BCUT2D eigenvalue weighted by Crippen LogP contribution is -2.41. The van der Waals surface area contributed by atoms with Crippen LogP contribution in [0.1, 0.15) is 62.0 Å². The van der Waals surface area contributed by atoms with E-state index in [9.17, 15) is 9.90 Å². The Morgan fingerprint density at radius 2 is 2.06 bits per heavy atom. The third kappa shape index (κ3) is 3.56. The van der Waals surface area contributed by atoms with E-state index in [4.69, 9.17) is 4.98 Å². The average molecular weight is 437 g/mol. The average Bonchev–Trinajstić information content (AvgIpc) is 3.37. The Labute approximate surface area is 188 Å². The van der Waals surface area contributed by atoms with Crippen LogP contribution in [0.25, 0.3) is 11.0 Å². The molecule has 1 unspecified atom stereocenters. The molecule has 1 amide bonds. The molecular formula is C24H32N6O2. The first-order valence-corrected chi connectivity index (χ1v) is 11.7. The summed E-state index contributed by atoms with van der Waals surface area (Å²) in [7, 11) is 1.94. The number of piperidine rings is 1. The highest BCUT2D eigenvalue weighted by atomic mass is 16.4. The molecule has 5 rings (SSSR count). The molecule has 4 heterocycles. The first kappa shape index (κ1) is 21.0. The third-order valence-electron chi connectivity index (χ3n) is 7.10. The highest BCUT2D eigenvalue weighted by Crippen LogP contribution is 2.39. The van der Waals surface area contributed by atoms with E-state index in [1.54, 1.807) is 0 Å². The number of nitrogens with one attached hydrogen (secondary N) is 1. The highest BCUT2D eigenvalue weighted by molar-refractivity contribution is 5.94. The van der Waals surface area contributed by atoms with Gasteiger partial charge in [-0.3, -0.25) is 9.58 Å². The highest BCUT2D eigenvalue weighted by Gasteiger charge is 2.32. The normalized spacial score (nSPS) is 20.5. The fourth-order valence-corrected chi connectivity index (χ4v) is 5.53. The first-order chi connectivity index (χ1) is 15.4. The molecule has 2 aliphatic heterocycles. The maximum Gasteiger partial charge on any atom is 0.412 e. The van der Waals surface area contributed by atoms with Crippen LogP contribution in [-0.2, 0) is 19.9 Å². The van der Waals surface area contributed by atoms with Crippen LogP contribution in [-0.4, -0.2) is 49.7 Å². The topological polar surface area (TPSA) is 88.2 Å². The second-order valence-electron chi connectivity index (χ2n) is 9.42. The van der Waals surface area contributed by atoms with Gasteiger partial charge in [-0.25, -0.2) is 9.78 Å². The van der Waals surface area contributed by atoms with Crippen LogP contribution in [0.4, 0.5) is 10.5 Å². The quantitative estimate of drug-likeness (QED) is 0.648. The van der Waals surface area contributed by atoms with Gasteiger partial charge in [0.2, 0.25) is 0 Å². The molecule has 1 fully saturated rings. The Hall–Kier alpha value is -2.87. The van der Waals surface area contributed by atoms with Gasteiger partial charge in [0.1, 0.15) is 5.82 Å². The number of hydrogen-bond donors (Lipinski definition) is 2. The fourth-order valence-electron chi connectivity index (χ4n) is 5.53. The smallest absolute Gasteiger partial charge is 0.412 e. The number of nitrogens with zero attached hydrogens (tertiary/aromatic N) is 5. The lowest BCUT2D eigenvalue weighted by molar-refractivity contribution is 0.198. The number of aryl methyl sites for hydroxylation is 2. The summed E-state index contributed by atoms with van der Waals surface area (Å²) in [6.45, 7) is 6.24. The van der Waals surface area contributed by atoms with Crippen LogP contribution in [0.15, 0.2) is 24.5 Å². The van der Waals surface area contributed by atoms with Crippen molar-refractivity contribution in [3.05, 3.63) is 41.5 Å². The zero-order valence-electron chi connectivity index (χ0n) is 19.1. The summed E-state index contributed by atoms with van der Waals surface area (Å²) < 4.78 is 4.30. The first-order valence-electron chi connectivity index (χ1n) is 11.7. The number of imidazole rings is 1. The van der Waals surface area contributed by atoms with Gasteiger partial charge in [-0.1, -0.05) is 6.92 Å². The Morgan fingerprint density at radius 3 is 2.75 bits per heavy atom. The van der Waals surface area contributed by atoms with Crippen molar-refractivity contribution in [2.75, 3.05) is 18.0 Å². The van der Waals surface area contributed by atoms with Crippen LogP contribution in [0.5, 0.6) is 0 Å². The number of rotatable bonds is 4. The molecule has 8 nitrogen and oxygen atoms in total. The number of aromatic nitrogens is 4. The van der Waals surface area contributed by atoms with Crippen LogP contribution in [0, 0.1) is 0 Å². The Bertz CT molecular complexity index is 1140. The van der Waals surface area contributed by atoms with E-state index in [2.05, 4.69) is 34.2 Å². The van der Waals surface area contributed by atoms with Crippen molar-refractivity contribution in [3.8, 4) is 0 Å².